The maximum Gasteiger partial charge on any atom is 0.219 e. The molecule has 0 saturated carbocycles. The second-order valence-corrected chi connectivity index (χ2v) is 3.60. The lowest BCUT2D eigenvalue weighted by Crippen LogP contribution is -2.38. The fraction of sp³-hybridized carbons (Fsp3) is 0.538. The van der Waals surface area contributed by atoms with E-state index in [2.05, 4.69) is 0 Å². The summed E-state index contributed by atoms with van der Waals surface area (Å²) in [6, 6.07) is 6.77. The third-order valence-corrected chi connectivity index (χ3v) is 2.40. The summed E-state index contributed by atoms with van der Waals surface area (Å²) in [6.45, 7) is 5.15. The van der Waals surface area contributed by atoms with Crippen LogP contribution in [0.4, 0.5) is 0 Å². The molecule has 0 bridgehead atoms. The van der Waals surface area contributed by atoms with Gasteiger partial charge in [0.25, 0.3) is 0 Å². The fourth-order valence-corrected chi connectivity index (χ4v) is 1.75. The van der Waals surface area contributed by atoms with Crippen LogP contribution in [0, 0.1) is 0 Å². The van der Waals surface area contributed by atoms with Crippen molar-refractivity contribution in [2.24, 2.45) is 0 Å². The first-order valence-electron chi connectivity index (χ1n) is 5.75. The van der Waals surface area contributed by atoms with Crippen LogP contribution < -0.4 is 0 Å². The molecule has 17 heavy (non-hydrogen) atoms. The van der Waals surface area contributed by atoms with Crippen molar-refractivity contribution in [1.29, 1.82) is 0 Å². The highest BCUT2D eigenvalue weighted by molar-refractivity contribution is 5.29. The molecule has 0 amide bonds. The number of benzene rings is 1. The maximum absolute atomic E-state index is 9.30. The first-order chi connectivity index (χ1) is 8.18. The van der Waals surface area contributed by atoms with E-state index in [4.69, 9.17) is 14.2 Å². The van der Waals surface area contributed by atoms with Gasteiger partial charge < -0.3 is 19.3 Å². The van der Waals surface area contributed by atoms with Crippen LogP contribution in [0.5, 0.6) is 5.75 Å². The number of methoxy groups -OCH3 is 1. The lowest BCUT2D eigenvalue weighted by molar-refractivity contribution is -0.264. The van der Waals surface area contributed by atoms with Crippen molar-refractivity contribution < 1.29 is 19.3 Å². The van der Waals surface area contributed by atoms with Crippen molar-refractivity contribution in [3.8, 4) is 5.75 Å². The third-order valence-electron chi connectivity index (χ3n) is 2.40. The molecule has 1 aromatic carbocycles. The highest BCUT2D eigenvalue weighted by Gasteiger charge is 2.33. The Balaban J connectivity index is 3.04. The van der Waals surface area contributed by atoms with Crippen molar-refractivity contribution in [2.45, 2.75) is 19.6 Å². The third kappa shape index (κ3) is 3.43. The van der Waals surface area contributed by atoms with Crippen molar-refractivity contribution in [1.82, 2.24) is 0 Å². The standard InChI is InChI=1S/C13H20O4/c1-4-16-13(10-15-3,17-5-2)11-6-8-12(14)9-7-11/h6-9,14H,4-5,10H2,1-3H3. The molecule has 1 N–H and O–H groups in total. The monoisotopic (exact) mass is 240 g/mol. The van der Waals surface area contributed by atoms with Crippen molar-refractivity contribution in [3.05, 3.63) is 29.8 Å². The number of hydrogen-bond acceptors (Lipinski definition) is 4. The zero-order valence-electron chi connectivity index (χ0n) is 10.6. The molecule has 1 rings (SSSR count). The highest BCUT2D eigenvalue weighted by atomic mass is 16.7. The second-order valence-electron chi connectivity index (χ2n) is 3.60. The molecule has 0 aliphatic rings. The van der Waals surface area contributed by atoms with Gasteiger partial charge in [-0.15, -0.1) is 0 Å². The van der Waals surface area contributed by atoms with Gasteiger partial charge in [0.05, 0.1) is 0 Å². The number of phenols is 1. The van der Waals surface area contributed by atoms with Gasteiger partial charge in [0.15, 0.2) is 0 Å². The molecule has 0 spiro atoms. The molecule has 1 aromatic rings. The molecule has 0 unspecified atom stereocenters. The summed E-state index contributed by atoms with van der Waals surface area (Å²) in [7, 11) is 1.60. The minimum atomic E-state index is -0.897. The van der Waals surface area contributed by atoms with Crippen LogP contribution >= 0.6 is 0 Å². The van der Waals surface area contributed by atoms with Crippen LogP contribution in [0.15, 0.2) is 24.3 Å². The van der Waals surface area contributed by atoms with Crippen LogP contribution in [0.25, 0.3) is 0 Å². The first-order valence-corrected chi connectivity index (χ1v) is 5.75. The largest absolute Gasteiger partial charge is 0.508 e. The van der Waals surface area contributed by atoms with Crippen molar-refractivity contribution in [2.75, 3.05) is 26.9 Å². The molecule has 0 heterocycles. The van der Waals surface area contributed by atoms with Crippen LogP contribution in [-0.4, -0.2) is 32.0 Å². The van der Waals surface area contributed by atoms with Crippen LogP contribution in [0.3, 0.4) is 0 Å². The number of ether oxygens (including phenoxy) is 3. The van der Waals surface area contributed by atoms with Gasteiger partial charge in [-0.1, -0.05) is 0 Å². The Morgan fingerprint density at radius 2 is 1.59 bits per heavy atom. The minimum absolute atomic E-state index is 0.216. The molecular weight excluding hydrogens is 220 g/mol. The molecule has 0 saturated heterocycles. The van der Waals surface area contributed by atoms with Gasteiger partial charge in [0.2, 0.25) is 5.79 Å². The van der Waals surface area contributed by atoms with Gasteiger partial charge in [-0.3, -0.25) is 0 Å². The van der Waals surface area contributed by atoms with Gasteiger partial charge in [0, 0.05) is 25.9 Å². The van der Waals surface area contributed by atoms with Gasteiger partial charge in [-0.05, 0) is 38.1 Å². The van der Waals surface area contributed by atoms with E-state index in [-0.39, 0.29) is 5.75 Å². The molecule has 4 heteroatoms. The molecule has 4 nitrogen and oxygen atoms in total. The van der Waals surface area contributed by atoms with Gasteiger partial charge >= 0.3 is 0 Å². The van der Waals surface area contributed by atoms with Gasteiger partial charge in [-0.25, -0.2) is 0 Å². The Bertz CT molecular complexity index is 304. The fourth-order valence-electron chi connectivity index (χ4n) is 1.75. The second kappa shape index (κ2) is 6.59. The lowest BCUT2D eigenvalue weighted by atomic mass is 10.1. The zero-order valence-corrected chi connectivity index (χ0v) is 10.6. The number of hydrogen-bond donors (Lipinski definition) is 1. The molecule has 0 atom stereocenters. The quantitative estimate of drug-likeness (QED) is 0.743. The Hall–Kier alpha value is -1.10. The summed E-state index contributed by atoms with van der Waals surface area (Å²) in [4.78, 5) is 0. The molecule has 0 fully saturated rings. The number of phenolic OH excluding ortho intramolecular Hbond substituents is 1. The van der Waals surface area contributed by atoms with Crippen molar-refractivity contribution in [3.63, 3.8) is 0 Å². The predicted molar refractivity (Wildman–Crippen MR) is 64.9 cm³/mol. The molecule has 96 valence electrons. The summed E-state index contributed by atoms with van der Waals surface area (Å²) in [5, 5.41) is 9.30. The van der Waals surface area contributed by atoms with Gasteiger partial charge in [0.1, 0.15) is 12.4 Å². The summed E-state index contributed by atoms with van der Waals surface area (Å²) in [5.74, 6) is -0.681. The molecule has 0 aliphatic heterocycles. The summed E-state index contributed by atoms with van der Waals surface area (Å²) in [6.07, 6.45) is 0. The Morgan fingerprint density at radius 1 is 1.06 bits per heavy atom. The Labute approximate surface area is 102 Å². The van der Waals surface area contributed by atoms with Crippen LogP contribution in [0.2, 0.25) is 0 Å². The van der Waals surface area contributed by atoms with E-state index in [0.717, 1.165) is 5.56 Å². The SMILES string of the molecule is CCOC(COC)(OCC)c1ccc(O)cc1. The van der Waals surface area contributed by atoms with E-state index >= 15 is 0 Å². The summed E-state index contributed by atoms with van der Waals surface area (Å²) >= 11 is 0. The van der Waals surface area contributed by atoms with Crippen LogP contribution in [-0.2, 0) is 20.0 Å². The predicted octanol–water partition coefficient (Wildman–Crippen LogP) is 2.26. The molecular formula is C13H20O4. The zero-order chi connectivity index (χ0) is 12.7. The van der Waals surface area contributed by atoms with Crippen molar-refractivity contribution >= 4 is 0 Å². The average molecular weight is 240 g/mol. The normalized spacial score (nSPS) is 11.7. The lowest BCUT2D eigenvalue weighted by Gasteiger charge is -2.32. The summed E-state index contributed by atoms with van der Waals surface area (Å²) < 4.78 is 16.6. The summed E-state index contributed by atoms with van der Waals surface area (Å²) in [5.41, 5.74) is 0.834. The van der Waals surface area contributed by atoms with E-state index in [1.165, 1.54) is 0 Å². The highest BCUT2D eigenvalue weighted by Crippen LogP contribution is 2.29. The minimum Gasteiger partial charge on any atom is -0.508 e. The molecule has 0 aliphatic carbocycles. The van der Waals surface area contributed by atoms with E-state index in [9.17, 15) is 5.11 Å². The van der Waals surface area contributed by atoms with Gasteiger partial charge in [-0.2, -0.15) is 0 Å². The number of aromatic hydroxyl groups is 1. The maximum atomic E-state index is 9.30. The van der Waals surface area contributed by atoms with E-state index < -0.39 is 5.79 Å². The van der Waals surface area contributed by atoms with E-state index in [0.29, 0.717) is 19.8 Å². The topological polar surface area (TPSA) is 47.9 Å². The number of rotatable bonds is 7. The van der Waals surface area contributed by atoms with E-state index in [1.54, 1.807) is 31.4 Å². The smallest absolute Gasteiger partial charge is 0.219 e. The first kappa shape index (κ1) is 14.0. The molecule has 0 radical (unpaired) electrons. The Morgan fingerprint density at radius 3 is 2.00 bits per heavy atom. The van der Waals surface area contributed by atoms with Crippen LogP contribution in [0.1, 0.15) is 19.4 Å². The molecule has 0 aromatic heterocycles. The van der Waals surface area contributed by atoms with E-state index in [1.807, 2.05) is 13.8 Å². The Kier molecular flexibility index (Phi) is 5.41. The average Bonchev–Trinajstić information content (AvgIpc) is 2.30.